The Balaban J connectivity index is 3.21. The number of carbonyl (C=O) groups excluding carboxylic acids is 1. The molecule has 0 radical (unpaired) electrons. The highest BCUT2D eigenvalue weighted by molar-refractivity contribution is 5.92. The van der Waals surface area contributed by atoms with Crippen LogP contribution in [-0.4, -0.2) is 24.4 Å². The standard InChI is InChI=1S/C9H5F3N2O3/c1-16-8(15)6-2-5(3-13)14-4-7(6)17-9(10,11)12/h2,4H,1H3. The number of hydrogen-bond donors (Lipinski definition) is 0. The lowest BCUT2D eigenvalue weighted by Crippen LogP contribution is -2.19. The number of rotatable bonds is 2. The van der Waals surface area contributed by atoms with E-state index in [-0.39, 0.29) is 5.69 Å². The maximum absolute atomic E-state index is 12.0. The van der Waals surface area contributed by atoms with Gasteiger partial charge in [0.25, 0.3) is 0 Å². The van der Waals surface area contributed by atoms with Crippen molar-refractivity contribution in [1.29, 1.82) is 5.26 Å². The van der Waals surface area contributed by atoms with Crippen LogP contribution in [0.3, 0.4) is 0 Å². The molecule has 1 aromatic heterocycles. The van der Waals surface area contributed by atoms with Crippen LogP contribution in [0.4, 0.5) is 13.2 Å². The van der Waals surface area contributed by atoms with Gasteiger partial charge >= 0.3 is 12.3 Å². The topological polar surface area (TPSA) is 72.2 Å². The van der Waals surface area contributed by atoms with Gasteiger partial charge in [-0.2, -0.15) is 5.26 Å². The lowest BCUT2D eigenvalue weighted by Gasteiger charge is -2.11. The van der Waals surface area contributed by atoms with Crippen LogP contribution >= 0.6 is 0 Å². The zero-order valence-corrected chi connectivity index (χ0v) is 8.41. The lowest BCUT2D eigenvalue weighted by atomic mass is 10.2. The predicted molar refractivity (Wildman–Crippen MR) is 47.0 cm³/mol. The Kier molecular flexibility index (Phi) is 3.52. The van der Waals surface area contributed by atoms with Crippen molar-refractivity contribution in [3.05, 3.63) is 23.5 Å². The summed E-state index contributed by atoms with van der Waals surface area (Å²) in [5.74, 6) is -1.87. The van der Waals surface area contributed by atoms with Crippen LogP contribution in [0.15, 0.2) is 12.3 Å². The van der Waals surface area contributed by atoms with Crippen molar-refractivity contribution in [2.24, 2.45) is 0 Å². The first-order valence-electron chi connectivity index (χ1n) is 4.11. The Morgan fingerprint density at radius 3 is 2.65 bits per heavy atom. The zero-order valence-electron chi connectivity index (χ0n) is 8.41. The second-order valence-corrected chi connectivity index (χ2v) is 2.72. The first kappa shape index (κ1) is 12.8. The van der Waals surface area contributed by atoms with Crippen molar-refractivity contribution in [3.8, 4) is 11.8 Å². The number of aromatic nitrogens is 1. The van der Waals surface area contributed by atoms with E-state index < -0.39 is 23.6 Å². The van der Waals surface area contributed by atoms with Gasteiger partial charge < -0.3 is 9.47 Å². The Morgan fingerprint density at radius 2 is 2.18 bits per heavy atom. The monoisotopic (exact) mass is 246 g/mol. The van der Waals surface area contributed by atoms with Gasteiger partial charge in [0.1, 0.15) is 17.3 Å². The average molecular weight is 246 g/mol. The van der Waals surface area contributed by atoms with E-state index in [2.05, 4.69) is 14.5 Å². The quantitative estimate of drug-likeness (QED) is 0.741. The maximum atomic E-state index is 12.0. The van der Waals surface area contributed by atoms with Gasteiger partial charge in [0.05, 0.1) is 13.3 Å². The van der Waals surface area contributed by atoms with Crippen LogP contribution in [0.1, 0.15) is 16.1 Å². The highest BCUT2D eigenvalue weighted by atomic mass is 19.4. The summed E-state index contributed by atoms with van der Waals surface area (Å²) in [5, 5.41) is 8.51. The fourth-order valence-corrected chi connectivity index (χ4v) is 0.979. The smallest absolute Gasteiger partial charge is 0.465 e. The Morgan fingerprint density at radius 1 is 1.53 bits per heavy atom. The second kappa shape index (κ2) is 4.69. The van der Waals surface area contributed by atoms with E-state index in [1.54, 1.807) is 6.07 Å². The Labute approximate surface area is 93.4 Å². The summed E-state index contributed by atoms with van der Waals surface area (Å²) in [6, 6.07) is 2.43. The van der Waals surface area contributed by atoms with Crippen molar-refractivity contribution in [2.45, 2.75) is 6.36 Å². The van der Waals surface area contributed by atoms with Gasteiger partial charge in [-0.3, -0.25) is 0 Å². The molecule has 0 unspecified atom stereocenters. The number of pyridine rings is 1. The lowest BCUT2D eigenvalue weighted by molar-refractivity contribution is -0.274. The number of esters is 1. The van der Waals surface area contributed by atoms with E-state index in [0.717, 1.165) is 13.2 Å². The number of nitriles is 1. The summed E-state index contributed by atoms with van der Waals surface area (Å²) in [6.45, 7) is 0. The number of hydrogen-bond acceptors (Lipinski definition) is 5. The largest absolute Gasteiger partial charge is 0.573 e. The fraction of sp³-hybridized carbons (Fsp3) is 0.222. The van der Waals surface area contributed by atoms with Gasteiger partial charge in [-0.05, 0) is 6.07 Å². The van der Waals surface area contributed by atoms with E-state index in [1.807, 2.05) is 0 Å². The average Bonchev–Trinajstić information content (AvgIpc) is 2.26. The van der Waals surface area contributed by atoms with E-state index in [1.165, 1.54) is 0 Å². The molecular formula is C9H5F3N2O3. The molecule has 1 rings (SSSR count). The molecule has 0 aliphatic carbocycles. The Hall–Kier alpha value is -2.30. The van der Waals surface area contributed by atoms with Crippen molar-refractivity contribution in [1.82, 2.24) is 4.98 Å². The number of nitrogens with zero attached hydrogens (tertiary/aromatic N) is 2. The number of methoxy groups -OCH3 is 1. The van der Waals surface area contributed by atoms with E-state index >= 15 is 0 Å². The minimum Gasteiger partial charge on any atom is -0.465 e. The molecule has 0 amide bonds. The van der Waals surface area contributed by atoms with Crippen LogP contribution < -0.4 is 4.74 Å². The number of halogens is 3. The zero-order chi connectivity index (χ0) is 13.1. The number of alkyl halides is 3. The molecular weight excluding hydrogens is 241 g/mol. The SMILES string of the molecule is COC(=O)c1cc(C#N)ncc1OC(F)(F)F. The van der Waals surface area contributed by atoms with Gasteiger partial charge in [-0.1, -0.05) is 0 Å². The van der Waals surface area contributed by atoms with Gasteiger partial charge in [0.15, 0.2) is 5.75 Å². The first-order valence-corrected chi connectivity index (χ1v) is 4.11. The third-order valence-electron chi connectivity index (χ3n) is 1.61. The molecule has 0 saturated carbocycles. The molecule has 90 valence electrons. The molecule has 0 fully saturated rings. The van der Waals surface area contributed by atoms with Gasteiger partial charge in [-0.15, -0.1) is 13.2 Å². The molecule has 1 aromatic rings. The third kappa shape index (κ3) is 3.34. The normalized spacial score (nSPS) is 10.5. The molecule has 17 heavy (non-hydrogen) atoms. The van der Waals surface area contributed by atoms with Crippen molar-refractivity contribution < 1.29 is 27.4 Å². The minimum absolute atomic E-state index is 0.222. The third-order valence-corrected chi connectivity index (χ3v) is 1.61. The Bertz CT molecular complexity index is 479. The van der Waals surface area contributed by atoms with Gasteiger partial charge in [-0.25, -0.2) is 9.78 Å². The molecule has 8 heteroatoms. The molecule has 0 aromatic carbocycles. The van der Waals surface area contributed by atoms with E-state index in [9.17, 15) is 18.0 Å². The molecule has 0 aliphatic heterocycles. The van der Waals surface area contributed by atoms with Crippen molar-refractivity contribution in [3.63, 3.8) is 0 Å². The molecule has 0 bridgehead atoms. The first-order chi connectivity index (χ1) is 7.87. The molecule has 0 spiro atoms. The summed E-state index contributed by atoms with van der Waals surface area (Å²) < 4.78 is 43.9. The van der Waals surface area contributed by atoms with Crippen LogP contribution in [0.2, 0.25) is 0 Å². The highest BCUT2D eigenvalue weighted by Gasteiger charge is 2.33. The van der Waals surface area contributed by atoms with Crippen molar-refractivity contribution >= 4 is 5.97 Å². The molecule has 0 aliphatic rings. The molecule has 0 N–H and O–H groups in total. The molecule has 5 nitrogen and oxygen atoms in total. The van der Waals surface area contributed by atoms with Crippen molar-refractivity contribution in [2.75, 3.05) is 7.11 Å². The maximum Gasteiger partial charge on any atom is 0.573 e. The fourth-order valence-electron chi connectivity index (χ4n) is 0.979. The summed E-state index contributed by atoms with van der Waals surface area (Å²) in [5.41, 5.74) is -0.740. The summed E-state index contributed by atoms with van der Waals surface area (Å²) in [7, 11) is 0.992. The van der Waals surface area contributed by atoms with Crippen LogP contribution in [0, 0.1) is 11.3 Å². The van der Waals surface area contributed by atoms with Crippen LogP contribution in [0.25, 0.3) is 0 Å². The van der Waals surface area contributed by atoms with Crippen LogP contribution in [-0.2, 0) is 4.74 Å². The number of carbonyl (C=O) groups is 1. The van der Waals surface area contributed by atoms with E-state index in [0.29, 0.717) is 6.20 Å². The van der Waals surface area contributed by atoms with E-state index in [4.69, 9.17) is 5.26 Å². The number of ether oxygens (including phenoxy) is 2. The highest BCUT2D eigenvalue weighted by Crippen LogP contribution is 2.26. The summed E-state index contributed by atoms with van der Waals surface area (Å²) >= 11 is 0. The van der Waals surface area contributed by atoms with Gasteiger partial charge in [0, 0.05) is 0 Å². The van der Waals surface area contributed by atoms with Crippen LogP contribution in [0.5, 0.6) is 5.75 Å². The molecule has 0 atom stereocenters. The molecule has 0 saturated heterocycles. The summed E-state index contributed by atoms with van der Waals surface area (Å²) in [6.07, 6.45) is -4.32. The predicted octanol–water partition coefficient (Wildman–Crippen LogP) is 1.64. The summed E-state index contributed by atoms with van der Waals surface area (Å²) in [4.78, 5) is 14.5. The minimum atomic E-state index is -4.96. The van der Waals surface area contributed by atoms with Gasteiger partial charge in [0.2, 0.25) is 0 Å². The molecule has 1 heterocycles. The second-order valence-electron chi connectivity index (χ2n) is 2.72.